The standard InChI is InChI=1S/C8H21N3/c1-4-11(7-5-9-2)8-6-10-3/h9-10H,4-8H2,1-3H3. The van der Waals surface area contributed by atoms with Gasteiger partial charge >= 0.3 is 0 Å². The summed E-state index contributed by atoms with van der Waals surface area (Å²) in [5.41, 5.74) is 0. The zero-order valence-electron chi connectivity index (χ0n) is 7.98. The van der Waals surface area contributed by atoms with E-state index in [2.05, 4.69) is 22.5 Å². The third kappa shape index (κ3) is 6.28. The molecule has 0 heterocycles. The number of nitrogens with zero attached hydrogens (tertiary/aromatic N) is 1. The van der Waals surface area contributed by atoms with Crippen molar-refractivity contribution in [3.63, 3.8) is 0 Å². The highest BCUT2D eigenvalue weighted by atomic mass is 15.1. The summed E-state index contributed by atoms with van der Waals surface area (Å²) in [6, 6.07) is 0. The Bertz CT molecular complexity index is 67.7. The molecule has 3 nitrogen and oxygen atoms in total. The van der Waals surface area contributed by atoms with Crippen molar-refractivity contribution in [3.05, 3.63) is 0 Å². The van der Waals surface area contributed by atoms with E-state index >= 15 is 0 Å². The number of rotatable bonds is 7. The minimum absolute atomic E-state index is 1.08. The van der Waals surface area contributed by atoms with Crippen LogP contribution in [0.5, 0.6) is 0 Å². The first-order chi connectivity index (χ1) is 5.35. The Hall–Kier alpha value is -0.120. The van der Waals surface area contributed by atoms with Crippen LogP contribution in [0.25, 0.3) is 0 Å². The quantitative estimate of drug-likeness (QED) is 0.536. The van der Waals surface area contributed by atoms with E-state index in [1.54, 1.807) is 0 Å². The molecule has 0 rings (SSSR count). The minimum Gasteiger partial charge on any atom is -0.318 e. The normalized spacial score (nSPS) is 10.9. The molecule has 0 aromatic heterocycles. The van der Waals surface area contributed by atoms with Crippen LogP contribution in [0.3, 0.4) is 0 Å². The fraction of sp³-hybridized carbons (Fsp3) is 1.00. The Kier molecular flexibility index (Phi) is 7.89. The largest absolute Gasteiger partial charge is 0.318 e. The zero-order chi connectivity index (χ0) is 8.53. The van der Waals surface area contributed by atoms with Crippen LogP contribution in [0.15, 0.2) is 0 Å². The lowest BCUT2D eigenvalue weighted by atomic mass is 10.4. The van der Waals surface area contributed by atoms with E-state index in [4.69, 9.17) is 0 Å². The summed E-state index contributed by atoms with van der Waals surface area (Å²) in [6.45, 7) is 7.80. The average Bonchev–Trinajstić information content (AvgIpc) is 2.05. The lowest BCUT2D eigenvalue weighted by molar-refractivity contribution is 0.291. The summed E-state index contributed by atoms with van der Waals surface area (Å²) in [6.07, 6.45) is 0. The molecule has 0 amide bonds. The van der Waals surface area contributed by atoms with Gasteiger partial charge in [0.2, 0.25) is 0 Å². The highest BCUT2D eigenvalue weighted by Gasteiger charge is 1.98. The maximum absolute atomic E-state index is 3.15. The van der Waals surface area contributed by atoms with E-state index < -0.39 is 0 Å². The topological polar surface area (TPSA) is 27.3 Å². The zero-order valence-corrected chi connectivity index (χ0v) is 7.98. The van der Waals surface area contributed by atoms with Gasteiger partial charge in [0.05, 0.1) is 0 Å². The van der Waals surface area contributed by atoms with Gasteiger partial charge in [-0.25, -0.2) is 0 Å². The predicted molar refractivity (Wildman–Crippen MR) is 50.0 cm³/mol. The second-order valence-corrected chi connectivity index (χ2v) is 2.64. The molecule has 0 spiro atoms. The van der Waals surface area contributed by atoms with Gasteiger partial charge in [-0.05, 0) is 20.6 Å². The van der Waals surface area contributed by atoms with Gasteiger partial charge in [-0.1, -0.05) is 6.92 Å². The predicted octanol–water partition coefficient (Wildman–Crippen LogP) is -0.253. The van der Waals surface area contributed by atoms with Gasteiger partial charge in [-0.15, -0.1) is 0 Å². The van der Waals surface area contributed by atoms with Gasteiger partial charge in [-0.3, -0.25) is 0 Å². The fourth-order valence-electron chi connectivity index (χ4n) is 0.968. The molecule has 0 aromatic rings. The first-order valence-corrected chi connectivity index (χ1v) is 4.36. The van der Waals surface area contributed by atoms with Crippen molar-refractivity contribution in [2.45, 2.75) is 6.92 Å². The molecule has 0 unspecified atom stereocenters. The van der Waals surface area contributed by atoms with E-state index in [1.165, 1.54) is 0 Å². The van der Waals surface area contributed by atoms with Crippen LogP contribution in [-0.2, 0) is 0 Å². The molecule has 0 bridgehead atoms. The van der Waals surface area contributed by atoms with E-state index in [0.29, 0.717) is 0 Å². The average molecular weight is 159 g/mol. The maximum Gasteiger partial charge on any atom is 0.0107 e. The first kappa shape index (κ1) is 10.9. The van der Waals surface area contributed by atoms with Gasteiger partial charge in [0, 0.05) is 26.2 Å². The second-order valence-electron chi connectivity index (χ2n) is 2.64. The summed E-state index contributed by atoms with van der Waals surface area (Å²) in [7, 11) is 3.98. The van der Waals surface area contributed by atoms with Gasteiger partial charge in [0.1, 0.15) is 0 Å². The SMILES string of the molecule is CCN(CCNC)CCNC. The Labute approximate surface area is 70.2 Å². The molecular formula is C8H21N3. The van der Waals surface area contributed by atoms with Gasteiger partial charge in [-0.2, -0.15) is 0 Å². The second kappa shape index (κ2) is 7.98. The molecule has 3 heteroatoms. The smallest absolute Gasteiger partial charge is 0.0107 e. The molecule has 0 aromatic carbocycles. The Morgan fingerprint density at radius 3 is 1.73 bits per heavy atom. The number of hydrogen-bond donors (Lipinski definition) is 2. The summed E-state index contributed by atoms with van der Waals surface area (Å²) in [4.78, 5) is 2.42. The van der Waals surface area contributed by atoms with Gasteiger partial charge < -0.3 is 15.5 Å². The van der Waals surface area contributed by atoms with Crippen molar-refractivity contribution in [2.75, 3.05) is 46.8 Å². The molecule has 0 aliphatic heterocycles. The number of likely N-dealkylation sites (N-methyl/N-ethyl adjacent to an activating group) is 3. The lowest BCUT2D eigenvalue weighted by Gasteiger charge is -2.19. The minimum atomic E-state index is 1.08. The molecule has 0 atom stereocenters. The van der Waals surface area contributed by atoms with E-state index in [9.17, 15) is 0 Å². The molecule has 0 radical (unpaired) electrons. The summed E-state index contributed by atoms with van der Waals surface area (Å²) >= 11 is 0. The third-order valence-corrected chi connectivity index (χ3v) is 1.80. The first-order valence-electron chi connectivity index (χ1n) is 4.36. The molecule has 0 aliphatic carbocycles. The number of nitrogens with one attached hydrogen (secondary N) is 2. The fourth-order valence-corrected chi connectivity index (χ4v) is 0.968. The summed E-state index contributed by atoms with van der Waals surface area (Å²) < 4.78 is 0. The molecule has 0 aliphatic rings. The Morgan fingerprint density at radius 1 is 1.00 bits per heavy atom. The Balaban J connectivity index is 3.25. The van der Waals surface area contributed by atoms with Crippen molar-refractivity contribution in [2.24, 2.45) is 0 Å². The van der Waals surface area contributed by atoms with Crippen LogP contribution in [0, 0.1) is 0 Å². The van der Waals surface area contributed by atoms with E-state index in [1.807, 2.05) is 14.1 Å². The highest BCUT2D eigenvalue weighted by Crippen LogP contribution is 1.83. The van der Waals surface area contributed by atoms with Gasteiger partial charge in [0.25, 0.3) is 0 Å². The molecule has 11 heavy (non-hydrogen) atoms. The maximum atomic E-state index is 3.15. The molecule has 0 saturated heterocycles. The summed E-state index contributed by atoms with van der Waals surface area (Å²) in [5.74, 6) is 0. The van der Waals surface area contributed by atoms with Crippen LogP contribution in [0.4, 0.5) is 0 Å². The van der Waals surface area contributed by atoms with Crippen LogP contribution in [0.2, 0.25) is 0 Å². The summed E-state index contributed by atoms with van der Waals surface area (Å²) in [5, 5.41) is 6.29. The monoisotopic (exact) mass is 159 g/mol. The van der Waals surface area contributed by atoms with Crippen molar-refractivity contribution in [1.29, 1.82) is 0 Å². The van der Waals surface area contributed by atoms with Crippen molar-refractivity contribution >= 4 is 0 Å². The van der Waals surface area contributed by atoms with Crippen LogP contribution in [-0.4, -0.2) is 51.7 Å². The van der Waals surface area contributed by atoms with Crippen LogP contribution < -0.4 is 10.6 Å². The molecule has 68 valence electrons. The third-order valence-electron chi connectivity index (χ3n) is 1.80. The van der Waals surface area contributed by atoms with Crippen molar-refractivity contribution in [1.82, 2.24) is 15.5 Å². The van der Waals surface area contributed by atoms with E-state index in [0.717, 1.165) is 32.7 Å². The van der Waals surface area contributed by atoms with Crippen LogP contribution in [0.1, 0.15) is 6.92 Å². The molecule has 2 N–H and O–H groups in total. The number of hydrogen-bond acceptors (Lipinski definition) is 3. The van der Waals surface area contributed by atoms with Crippen molar-refractivity contribution in [3.8, 4) is 0 Å². The van der Waals surface area contributed by atoms with Crippen molar-refractivity contribution < 1.29 is 0 Å². The molecule has 0 fully saturated rings. The van der Waals surface area contributed by atoms with Gasteiger partial charge in [0.15, 0.2) is 0 Å². The van der Waals surface area contributed by atoms with E-state index in [-0.39, 0.29) is 0 Å². The lowest BCUT2D eigenvalue weighted by Crippen LogP contribution is -2.35. The van der Waals surface area contributed by atoms with Crippen LogP contribution >= 0.6 is 0 Å². The Morgan fingerprint density at radius 2 is 1.45 bits per heavy atom. The highest BCUT2D eigenvalue weighted by molar-refractivity contribution is 4.57. The molecular weight excluding hydrogens is 138 g/mol. The molecule has 0 saturated carbocycles.